The van der Waals surface area contributed by atoms with E-state index in [1.807, 2.05) is 49.6 Å². The molecule has 0 amide bonds. The zero-order chi connectivity index (χ0) is 95.6. The molecule has 2 N–H and O–H groups in total. The molecule has 36 heteroatoms. The van der Waals surface area contributed by atoms with Gasteiger partial charge in [-0.2, -0.15) is 0 Å². The Morgan fingerprint density at radius 3 is 1.18 bits per heavy atom. The van der Waals surface area contributed by atoms with Crippen molar-refractivity contribution >= 4 is 61.7 Å². The Morgan fingerprint density at radius 2 is 0.809 bits per heavy atom. The third-order valence-corrected chi connectivity index (χ3v) is 24.8. The molecule has 0 radical (unpaired) electrons. The predicted molar refractivity (Wildman–Crippen MR) is 499 cm³/mol. The minimum Gasteiger partial charge on any atom is -0.486 e. The monoisotopic (exact) mass is 1910 g/mol. The summed E-state index contributed by atoms with van der Waals surface area (Å²) in [7, 11) is 17.0. The molecule has 6 aliphatic rings. The Hall–Kier alpha value is -10.2. The Morgan fingerprint density at radius 1 is 0.443 bits per heavy atom. The van der Waals surface area contributed by atoms with Crippen molar-refractivity contribution in [3.8, 4) is 34.0 Å². The highest BCUT2D eigenvalue weighted by Crippen LogP contribution is 2.42. The van der Waals surface area contributed by atoms with E-state index in [9.17, 15) is 65.5 Å². The van der Waals surface area contributed by atoms with Crippen LogP contribution in [0.1, 0.15) is 138 Å². The number of nitrogen functional groups attached to an aromatic ring is 1. The van der Waals surface area contributed by atoms with Crippen molar-refractivity contribution in [3.63, 3.8) is 0 Å². The Bertz CT molecular complexity index is 5280. The number of rotatable bonds is 20. The van der Waals surface area contributed by atoms with Crippen LogP contribution < -0.4 is 25.0 Å². The number of aryl methyl sites for hydroxylation is 1. The van der Waals surface area contributed by atoms with E-state index in [1.165, 1.54) is 92.8 Å². The van der Waals surface area contributed by atoms with Gasteiger partial charge in [0, 0.05) is 119 Å². The van der Waals surface area contributed by atoms with Crippen LogP contribution in [0.25, 0.3) is 22.5 Å². The highest BCUT2D eigenvalue weighted by Gasteiger charge is 2.31. The molecule has 9 aromatic rings. The second-order valence-electron chi connectivity index (χ2n) is 34.7. The first-order valence-electron chi connectivity index (χ1n) is 43.9. The van der Waals surface area contributed by atoms with Crippen molar-refractivity contribution in [1.82, 2.24) is 54.2 Å². The lowest BCUT2D eigenvalue weighted by atomic mass is 9.95. The van der Waals surface area contributed by atoms with Crippen LogP contribution in [0.5, 0.6) is 11.5 Å². The van der Waals surface area contributed by atoms with Crippen LogP contribution in [0.3, 0.4) is 0 Å². The summed E-state index contributed by atoms with van der Waals surface area (Å²) in [5.74, 6) is -3.77. The fourth-order valence-electron chi connectivity index (χ4n) is 16.2. The maximum absolute atomic E-state index is 15.0. The van der Waals surface area contributed by atoms with Crippen molar-refractivity contribution in [3.05, 3.63) is 255 Å². The minimum absolute atomic E-state index is 0.00852. The predicted octanol–water partition coefficient (Wildman–Crippen LogP) is 19.7. The van der Waals surface area contributed by atoms with Crippen LogP contribution in [0.2, 0.25) is 5.28 Å². The summed E-state index contributed by atoms with van der Waals surface area (Å²) in [5, 5.41) is 31.1. The van der Waals surface area contributed by atoms with Gasteiger partial charge in [-0.25, -0.2) is 59.4 Å². The molecule has 131 heavy (non-hydrogen) atoms. The van der Waals surface area contributed by atoms with E-state index >= 15 is 4.39 Å². The number of nitro benzene ring substituents is 3. The molecule has 0 bridgehead atoms. The average Bonchev–Trinajstić information content (AvgIpc) is 0.779. The molecule has 3 saturated heterocycles. The van der Waals surface area contributed by atoms with E-state index in [-0.39, 0.29) is 75.4 Å². The maximum Gasteiger partial charge on any atom is 0.272 e. The van der Waals surface area contributed by atoms with E-state index in [0.717, 1.165) is 120 Å². The van der Waals surface area contributed by atoms with Gasteiger partial charge in [-0.15, -0.1) is 0 Å². The molecule has 1 aliphatic carbocycles. The summed E-state index contributed by atoms with van der Waals surface area (Å²) in [6.07, 6.45) is 16.1. The minimum atomic E-state index is -0.656. The summed E-state index contributed by atoms with van der Waals surface area (Å²) in [6, 6.07) is 30.0. The molecule has 5 aliphatic heterocycles. The first-order valence-corrected chi connectivity index (χ1v) is 45.4. The number of benzene rings is 7. The zero-order valence-electron chi connectivity index (χ0n) is 76.6. The van der Waals surface area contributed by atoms with E-state index in [4.69, 9.17) is 26.8 Å². The van der Waals surface area contributed by atoms with Gasteiger partial charge in [0.05, 0.1) is 69.8 Å². The number of aromatic nitrogens is 4. The lowest BCUT2D eigenvalue weighted by Crippen LogP contribution is -2.41. The van der Waals surface area contributed by atoms with Crippen LogP contribution in [0.4, 0.5) is 73.6 Å². The van der Waals surface area contributed by atoms with Crippen molar-refractivity contribution in [1.29, 1.82) is 0 Å². The van der Waals surface area contributed by atoms with E-state index in [0.29, 0.717) is 131 Å². The first kappa shape index (κ1) is 104. The summed E-state index contributed by atoms with van der Waals surface area (Å²) in [5.41, 5.74) is 10.6. The van der Waals surface area contributed by atoms with Crippen molar-refractivity contribution < 1.29 is 63.8 Å². The molecule has 0 unspecified atom stereocenters. The van der Waals surface area contributed by atoms with Gasteiger partial charge in [0.1, 0.15) is 59.5 Å². The zero-order valence-corrected chi connectivity index (χ0v) is 79.0. The van der Waals surface area contributed by atoms with Gasteiger partial charge in [-0.05, 0) is 271 Å². The van der Waals surface area contributed by atoms with Crippen molar-refractivity contribution in [2.75, 3.05) is 137 Å². The second-order valence-corrected chi connectivity index (χ2v) is 35.6. The molecule has 1 saturated carbocycles. The summed E-state index contributed by atoms with van der Waals surface area (Å²) in [6.45, 7) is 19.2. The van der Waals surface area contributed by atoms with Gasteiger partial charge in [-0.1, -0.05) is 53.4 Å². The second kappa shape index (κ2) is 50.0. The molecule has 15 rings (SSSR count). The maximum atomic E-state index is 15.0. The van der Waals surface area contributed by atoms with Crippen molar-refractivity contribution in [2.45, 2.75) is 173 Å². The van der Waals surface area contributed by atoms with Crippen LogP contribution >= 0.6 is 27.5 Å². The number of hydrogen-bond acceptors (Lipinski definition) is 22. The molecular formula is C95H120BrClF9N17O8. The fraction of sp³-hybridized carbons (Fsp3) is 0.474. The first-order chi connectivity index (χ1) is 62.2. The Labute approximate surface area is 774 Å². The molecule has 4 fully saturated rings. The number of anilines is 3. The quantitative estimate of drug-likeness (QED) is 0.0186. The Kier molecular flexibility index (Phi) is 39.9. The number of fused-ring (bicyclic) bond motifs is 2. The van der Waals surface area contributed by atoms with Crippen LogP contribution in [-0.4, -0.2) is 227 Å². The van der Waals surface area contributed by atoms with Crippen LogP contribution in [0, 0.1) is 89.6 Å². The largest absolute Gasteiger partial charge is 0.486 e. The molecular weight excluding hydrogens is 1790 g/mol. The van der Waals surface area contributed by atoms with Gasteiger partial charge in [0.15, 0.2) is 34.8 Å². The lowest BCUT2D eigenvalue weighted by Gasteiger charge is -2.35. The number of nitro groups is 3. The van der Waals surface area contributed by atoms with Gasteiger partial charge in [0.2, 0.25) is 5.28 Å². The van der Waals surface area contributed by atoms with Gasteiger partial charge in [-0.3, -0.25) is 45.0 Å². The Balaban J connectivity index is 0.000000182. The topological polar surface area (TPSA) is 255 Å². The van der Waals surface area contributed by atoms with Crippen LogP contribution in [0.15, 0.2) is 128 Å². The summed E-state index contributed by atoms with van der Waals surface area (Å²) in [4.78, 5) is 65.0. The molecule has 0 atom stereocenters. The summed E-state index contributed by atoms with van der Waals surface area (Å²) < 4.78 is 137. The third kappa shape index (κ3) is 30.7. The van der Waals surface area contributed by atoms with E-state index in [2.05, 4.69) is 127 Å². The number of ether oxygens (including phenoxy) is 2. The number of halogens is 11. The van der Waals surface area contributed by atoms with Gasteiger partial charge >= 0.3 is 0 Å². The molecule has 7 aromatic carbocycles. The normalized spacial score (nSPS) is 15.8. The van der Waals surface area contributed by atoms with Gasteiger partial charge < -0.3 is 44.6 Å². The van der Waals surface area contributed by atoms with Crippen molar-refractivity contribution in [2.24, 2.45) is 0 Å². The van der Waals surface area contributed by atoms with E-state index in [1.54, 1.807) is 31.2 Å². The highest BCUT2D eigenvalue weighted by atomic mass is 79.9. The van der Waals surface area contributed by atoms with Gasteiger partial charge in [0.25, 0.3) is 17.1 Å². The third-order valence-electron chi connectivity index (χ3n) is 24.0. The fourth-order valence-corrected chi connectivity index (χ4v) is 16.8. The number of nitrogens with two attached hydrogens (primary N) is 1. The summed E-state index contributed by atoms with van der Waals surface area (Å²) >= 11 is 8.77. The molecule has 2 aromatic heterocycles. The molecule has 0 spiro atoms. The molecule has 7 heterocycles. The SMILES string of the molecule is CC(C)N1CCOc2c(F)cc(-c3nc(Cc4ccc(CN5CCC(N(C)C)CC5)c(F)c4)ncc3F)cc21.CC(C)N1CCOc2c(F)cc(-c3nc(Cl)ncc3F)cc21.CN(C)C1CCCCC1.CN(C)C1CCN(Cc2ccc(N)cc2F)CC1.CN(C)C1CCN(Cc2ccc([N+](=O)[O-])cc2F)CC1.Cc1ccc([N+](=O)[O-])cc1F.O=[N+]([O-])c1ccc(CBr)c(F)c1. The van der Waals surface area contributed by atoms with E-state index < -0.39 is 55.5 Å². The number of alkyl halides is 1. The average molecular weight is 1910 g/mol. The number of piperidine rings is 3. The molecule has 710 valence electrons. The number of non-ortho nitro benzene ring substituents is 3. The van der Waals surface area contributed by atoms with Crippen LogP contribution in [-0.2, 0) is 31.4 Å². The molecule has 25 nitrogen and oxygen atoms in total. The number of hydrogen-bond donors (Lipinski definition) is 1. The lowest BCUT2D eigenvalue weighted by molar-refractivity contribution is -0.385. The standard InChI is InChI=1S/C30H36F3N5O.C15H14ClF2N3O.C14H20FN3O2.C14H22FN3.C8H17N.C7H5BrFNO2.C7H6FNO2/c1-19(2)38-11-12-39-30-25(32)15-22(16-27(30)38)29-26(33)17-34-28(35-29)14-20-5-6-21(24(31)13-20)18-37-9-7-23(8-10-37)36(3)4;1-8(2)21-3-4-22-14-10(17)5-9(6-12(14)21)13-11(18)7-19-15(16)20-13;1-16(2)12-5-7-17(8-6-12)10-11-3-4-13(18(19)20)9-14(11)15;1-17(2)13-5-7-18(8-6-13)10-11-3-4-12(16)9-14(11)15;1-9(2)8-6-4-3-5-7-8;8-4-5-1-2-6(10(11)12)3-7(5)9;1-5-2-3-6(9(10)11)4-7(5)8/h5-6,13,15-17,19,23H,7-12,14,18H2,1-4H3;5-8H,3-4H2,1-2H3;3-4,9,12H,5-8,10H2,1-2H3;3-4,9,13H,5-8,10,16H2,1-2H3;8H,3-7H2,1-2H3;1-3H,4H2;2-4H,1H3. The number of likely N-dealkylation sites (tertiary alicyclic amines) is 3. The number of nitrogens with zero attached hydrogens (tertiary/aromatic N) is 16. The highest BCUT2D eigenvalue weighted by molar-refractivity contribution is 9.08. The smallest absolute Gasteiger partial charge is 0.272 e.